The van der Waals surface area contributed by atoms with Crippen LogP contribution >= 0.6 is 0 Å². The maximum absolute atomic E-state index is 12.6. The van der Waals surface area contributed by atoms with Crippen molar-refractivity contribution in [3.8, 4) is 11.5 Å². The molecule has 7 nitrogen and oxygen atoms in total. The topological polar surface area (TPSA) is 103 Å². The van der Waals surface area contributed by atoms with Gasteiger partial charge in [0.25, 0.3) is 0 Å². The first-order valence-corrected chi connectivity index (χ1v) is 10.4. The Labute approximate surface area is 187 Å². The fourth-order valence-corrected chi connectivity index (χ4v) is 4.02. The number of methoxy groups -OCH3 is 1. The highest BCUT2D eigenvalue weighted by Crippen LogP contribution is 2.43. The van der Waals surface area contributed by atoms with Crippen molar-refractivity contribution in [1.82, 2.24) is 0 Å². The van der Waals surface area contributed by atoms with Crippen molar-refractivity contribution < 1.29 is 24.1 Å². The maximum atomic E-state index is 12.6. The molecule has 0 aliphatic carbocycles. The third-order valence-corrected chi connectivity index (χ3v) is 5.52. The Morgan fingerprint density at radius 1 is 1.16 bits per heavy atom. The van der Waals surface area contributed by atoms with Crippen LogP contribution in [0.3, 0.4) is 0 Å². The first-order chi connectivity index (χ1) is 15.3. The standard InChI is InChI=1S/C24H26BN2O5/c1-24(2)31-22-16(10-11-19(30-3)21(22)23(29)32-24)15(13-28)12-25-27-18-9-5-7-14-6-4-8-17(26)20(14)18/h4-11,15,27-28H,12-13,26H2,1-3H3. The Morgan fingerprint density at radius 3 is 2.62 bits per heavy atom. The van der Waals surface area contributed by atoms with Gasteiger partial charge in [0.15, 0.2) is 0 Å². The number of ether oxygens (including phenoxy) is 3. The number of fused-ring (bicyclic) bond motifs is 2. The lowest BCUT2D eigenvalue weighted by Gasteiger charge is -2.34. The van der Waals surface area contributed by atoms with Gasteiger partial charge in [-0.25, -0.2) is 4.79 Å². The van der Waals surface area contributed by atoms with Crippen molar-refractivity contribution in [1.29, 1.82) is 0 Å². The second-order valence-electron chi connectivity index (χ2n) is 8.17. The highest BCUT2D eigenvalue weighted by Gasteiger charge is 2.38. The summed E-state index contributed by atoms with van der Waals surface area (Å²) in [6, 6.07) is 15.2. The van der Waals surface area contributed by atoms with E-state index in [4.69, 9.17) is 19.9 Å². The average Bonchev–Trinajstić information content (AvgIpc) is 2.75. The minimum absolute atomic E-state index is 0.131. The van der Waals surface area contributed by atoms with Gasteiger partial charge < -0.3 is 30.3 Å². The van der Waals surface area contributed by atoms with E-state index >= 15 is 0 Å². The minimum Gasteiger partial charge on any atom is -0.496 e. The van der Waals surface area contributed by atoms with Gasteiger partial charge in [-0.2, -0.15) is 0 Å². The number of aliphatic hydroxyl groups excluding tert-OH is 1. The molecule has 0 aromatic heterocycles. The first kappa shape index (κ1) is 21.8. The smallest absolute Gasteiger partial charge is 0.349 e. The monoisotopic (exact) mass is 433 g/mol. The third kappa shape index (κ3) is 4.06. The molecular formula is C24H26BN2O5. The van der Waals surface area contributed by atoms with Crippen LogP contribution in [0.15, 0.2) is 48.5 Å². The third-order valence-electron chi connectivity index (χ3n) is 5.52. The molecule has 0 saturated heterocycles. The molecule has 0 fully saturated rings. The second kappa shape index (κ2) is 8.63. The van der Waals surface area contributed by atoms with Crippen LogP contribution in [0.1, 0.15) is 35.7 Å². The van der Waals surface area contributed by atoms with Crippen molar-refractivity contribution in [3.05, 3.63) is 59.7 Å². The van der Waals surface area contributed by atoms with Gasteiger partial charge in [-0.05, 0) is 29.9 Å². The van der Waals surface area contributed by atoms with E-state index in [-0.39, 0.29) is 18.1 Å². The van der Waals surface area contributed by atoms with Gasteiger partial charge in [0.2, 0.25) is 13.2 Å². The Kier molecular flexibility index (Phi) is 5.89. The number of hydrogen-bond donors (Lipinski definition) is 3. The SMILES string of the molecule is COc1ccc(C(CO)C[B]Nc2cccc3cccc(N)c23)c2c1C(=O)OC(C)(C)O2. The zero-order valence-electron chi connectivity index (χ0n) is 18.3. The van der Waals surface area contributed by atoms with E-state index in [0.29, 0.717) is 29.1 Å². The number of esters is 1. The fourth-order valence-electron chi connectivity index (χ4n) is 4.02. The van der Waals surface area contributed by atoms with Crippen molar-refractivity contribution in [2.24, 2.45) is 0 Å². The predicted molar refractivity (Wildman–Crippen MR) is 125 cm³/mol. The number of carbonyl (C=O) groups is 1. The molecule has 165 valence electrons. The summed E-state index contributed by atoms with van der Waals surface area (Å²) >= 11 is 0. The van der Waals surface area contributed by atoms with Crippen LogP contribution < -0.4 is 20.4 Å². The molecule has 1 radical (unpaired) electrons. The van der Waals surface area contributed by atoms with E-state index in [1.165, 1.54) is 7.11 Å². The molecule has 1 unspecified atom stereocenters. The molecule has 1 aliphatic rings. The van der Waals surface area contributed by atoms with Crippen molar-refractivity contribution in [2.45, 2.75) is 31.9 Å². The number of cyclic esters (lactones) is 1. The summed E-state index contributed by atoms with van der Waals surface area (Å²) in [5.41, 5.74) is 8.70. The van der Waals surface area contributed by atoms with E-state index in [1.807, 2.05) is 49.9 Å². The highest BCUT2D eigenvalue weighted by molar-refractivity contribution is 6.41. The quantitative estimate of drug-likeness (QED) is 0.295. The van der Waals surface area contributed by atoms with Crippen LogP contribution in [-0.4, -0.2) is 38.0 Å². The summed E-state index contributed by atoms with van der Waals surface area (Å²) in [5, 5.41) is 15.5. The van der Waals surface area contributed by atoms with Crippen LogP contribution in [0.5, 0.6) is 11.5 Å². The minimum atomic E-state index is -1.12. The maximum Gasteiger partial charge on any atom is 0.349 e. The number of hydrogen-bond acceptors (Lipinski definition) is 7. The molecule has 32 heavy (non-hydrogen) atoms. The van der Waals surface area contributed by atoms with E-state index < -0.39 is 11.8 Å². The van der Waals surface area contributed by atoms with E-state index in [0.717, 1.165) is 16.5 Å². The molecule has 3 aromatic carbocycles. The summed E-state index contributed by atoms with van der Waals surface area (Å²) in [5.74, 6) is -1.19. The van der Waals surface area contributed by atoms with Gasteiger partial charge in [0.1, 0.15) is 17.1 Å². The van der Waals surface area contributed by atoms with Crippen molar-refractivity contribution in [3.63, 3.8) is 0 Å². The first-order valence-electron chi connectivity index (χ1n) is 10.4. The number of nitrogen functional groups attached to an aromatic ring is 1. The van der Waals surface area contributed by atoms with Crippen LogP contribution in [0.4, 0.5) is 11.4 Å². The Hall–Kier alpha value is -3.39. The van der Waals surface area contributed by atoms with Crippen LogP contribution in [0.2, 0.25) is 6.32 Å². The zero-order valence-corrected chi connectivity index (χ0v) is 18.3. The van der Waals surface area contributed by atoms with Crippen molar-refractivity contribution >= 4 is 35.5 Å². The molecule has 4 N–H and O–H groups in total. The van der Waals surface area contributed by atoms with E-state index in [2.05, 4.69) is 5.23 Å². The van der Waals surface area contributed by atoms with Gasteiger partial charge in [-0.3, -0.25) is 0 Å². The Balaban J connectivity index is 1.60. The molecule has 0 saturated carbocycles. The van der Waals surface area contributed by atoms with Gasteiger partial charge in [-0.1, -0.05) is 30.3 Å². The molecule has 0 bridgehead atoms. The second-order valence-corrected chi connectivity index (χ2v) is 8.17. The largest absolute Gasteiger partial charge is 0.496 e. The number of carbonyl (C=O) groups excluding carboxylic acids is 1. The van der Waals surface area contributed by atoms with Gasteiger partial charge >= 0.3 is 5.97 Å². The number of benzene rings is 3. The molecule has 1 heterocycles. The lowest BCUT2D eigenvalue weighted by Crippen LogP contribution is -2.39. The Bertz CT molecular complexity index is 1160. The summed E-state index contributed by atoms with van der Waals surface area (Å²) in [6.07, 6.45) is 0.483. The zero-order chi connectivity index (χ0) is 22.9. The lowest BCUT2D eigenvalue weighted by molar-refractivity contribution is -0.128. The molecule has 0 spiro atoms. The predicted octanol–water partition coefficient (Wildman–Crippen LogP) is 3.94. The lowest BCUT2D eigenvalue weighted by atomic mass is 9.77. The van der Waals surface area contributed by atoms with E-state index in [1.54, 1.807) is 19.9 Å². The van der Waals surface area contributed by atoms with Crippen LogP contribution in [-0.2, 0) is 4.74 Å². The van der Waals surface area contributed by atoms with Gasteiger partial charge in [-0.15, -0.1) is 0 Å². The number of rotatable bonds is 7. The van der Waals surface area contributed by atoms with Crippen LogP contribution in [0.25, 0.3) is 10.8 Å². The number of nitrogens with two attached hydrogens (primary N) is 1. The molecule has 8 heteroatoms. The molecule has 1 atom stereocenters. The fraction of sp³-hybridized carbons (Fsp3) is 0.292. The molecule has 4 rings (SSSR count). The Morgan fingerprint density at radius 2 is 1.91 bits per heavy atom. The average molecular weight is 433 g/mol. The normalized spacial score (nSPS) is 15.3. The van der Waals surface area contributed by atoms with Gasteiger partial charge in [0.05, 0.1) is 7.11 Å². The number of aliphatic hydroxyl groups is 1. The van der Waals surface area contributed by atoms with Crippen LogP contribution in [0, 0.1) is 0 Å². The summed E-state index contributed by atoms with van der Waals surface area (Å²) < 4.78 is 16.7. The van der Waals surface area contributed by atoms with Gasteiger partial charge in [0, 0.05) is 48.7 Å². The molecule has 3 aromatic rings. The van der Waals surface area contributed by atoms with E-state index in [9.17, 15) is 9.90 Å². The number of anilines is 2. The molecule has 1 aliphatic heterocycles. The highest BCUT2D eigenvalue weighted by atomic mass is 16.7. The molecule has 0 amide bonds. The summed E-state index contributed by atoms with van der Waals surface area (Å²) in [4.78, 5) is 12.6. The molecular weight excluding hydrogens is 407 g/mol. The van der Waals surface area contributed by atoms with Crippen molar-refractivity contribution in [2.75, 3.05) is 24.7 Å². The summed E-state index contributed by atoms with van der Waals surface area (Å²) in [7, 11) is 3.37. The summed E-state index contributed by atoms with van der Waals surface area (Å²) in [6.45, 7) is 3.21. The number of nitrogens with one attached hydrogen (secondary N) is 1.